The lowest BCUT2D eigenvalue weighted by Gasteiger charge is -2.17. The molecule has 1 atom stereocenters. The van der Waals surface area contributed by atoms with Gasteiger partial charge in [0.2, 0.25) is 10.0 Å². The Bertz CT molecular complexity index is 534. The monoisotopic (exact) mass is 310 g/mol. The van der Waals surface area contributed by atoms with Gasteiger partial charge in [-0.1, -0.05) is 11.6 Å². The summed E-state index contributed by atoms with van der Waals surface area (Å²) < 4.78 is 26.1. The summed E-state index contributed by atoms with van der Waals surface area (Å²) in [6.07, 6.45) is 0.714. The number of nitrogens with two attached hydrogens (primary N) is 1. The third kappa shape index (κ3) is 2.97. The molecule has 0 saturated carbocycles. The normalized spacial score (nSPS) is 20.7. The van der Waals surface area contributed by atoms with Crippen LogP contribution in [0.5, 0.6) is 0 Å². The minimum atomic E-state index is -3.42. The maximum atomic E-state index is 12.3. The quantitative estimate of drug-likeness (QED) is 0.906. The molecule has 7 heteroatoms. The van der Waals surface area contributed by atoms with E-state index >= 15 is 0 Å². The van der Waals surface area contributed by atoms with Gasteiger partial charge in [0.25, 0.3) is 0 Å². The molecule has 1 aromatic carbocycles. The first-order valence-electron chi connectivity index (χ1n) is 5.43. The van der Waals surface area contributed by atoms with Gasteiger partial charge in [0, 0.05) is 24.2 Å². The SMILES string of the molecule is Cc1cc(Cl)ccc1S(=O)(=O)N1CCC(N)C1.Cl. The Morgan fingerprint density at radius 3 is 2.61 bits per heavy atom. The average Bonchev–Trinajstić information content (AvgIpc) is 2.64. The zero-order chi connectivity index (χ0) is 12.6. The first-order valence-corrected chi connectivity index (χ1v) is 7.25. The molecule has 1 saturated heterocycles. The van der Waals surface area contributed by atoms with E-state index in [1.807, 2.05) is 0 Å². The molecule has 1 fully saturated rings. The molecule has 1 unspecified atom stereocenters. The highest BCUT2D eigenvalue weighted by Crippen LogP contribution is 2.25. The number of hydrogen-bond acceptors (Lipinski definition) is 3. The van der Waals surface area contributed by atoms with Crippen LogP contribution in [0.2, 0.25) is 5.02 Å². The van der Waals surface area contributed by atoms with Crippen molar-refractivity contribution in [2.75, 3.05) is 13.1 Å². The highest BCUT2D eigenvalue weighted by Gasteiger charge is 2.31. The average molecular weight is 311 g/mol. The highest BCUT2D eigenvalue weighted by molar-refractivity contribution is 7.89. The Hall–Kier alpha value is -0.330. The van der Waals surface area contributed by atoms with Crippen LogP contribution < -0.4 is 5.73 Å². The molecule has 0 amide bonds. The van der Waals surface area contributed by atoms with E-state index in [2.05, 4.69) is 0 Å². The van der Waals surface area contributed by atoms with Gasteiger partial charge in [-0.15, -0.1) is 12.4 Å². The third-order valence-corrected chi connectivity index (χ3v) is 5.20. The van der Waals surface area contributed by atoms with Gasteiger partial charge in [-0.05, 0) is 37.1 Å². The number of nitrogens with zero attached hydrogens (tertiary/aromatic N) is 1. The Morgan fingerprint density at radius 1 is 1.44 bits per heavy atom. The summed E-state index contributed by atoms with van der Waals surface area (Å²) in [4.78, 5) is 0.316. The fourth-order valence-electron chi connectivity index (χ4n) is 2.01. The number of sulfonamides is 1. The van der Waals surface area contributed by atoms with Gasteiger partial charge in [-0.2, -0.15) is 4.31 Å². The van der Waals surface area contributed by atoms with Crippen molar-refractivity contribution in [3.05, 3.63) is 28.8 Å². The second-order valence-electron chi connectivity index (χ2n) is 4.32. The summed E-state index contributed by atoms with van der Waals surface area (Å²) >= 11 is 5.82. The zero-order valence-electron chi connectivity index (χ0n) is 9.97. The fraction of sp³-hybridized carbons (Fsp3) is 0.455. The van der Waals surface area contributed by atoms with Crippen LogP contribution in [0.25, 0.3) is 0 Å². The number of rotatable bonds is 2. The van der Waals surface area contributed by atoms with Crippen molar-refractivity contribution in [3.8, 4) is 0 Å². The summed E-state index contributed by atoms with van der Waals surface area (Å²) in [6, 6.07) is 4.75. The Balaban J connectivity index is 0.00000162. The van der Waals surface area contributed by atoms with Gasteiger partial charge < -0.3 is 5.73 Å². The maximum absolute atomic E-state index is 12.3. The summed E-state index contributed by atoms with van der Waals surface area (Å²) in [5, 5.41) is 0.541. The van der Waals surface area contributed by atoms with Crippen LogP contribution in [-0.4, -0.2) is 31.9 Å². The van der Waals surface area contributed by atoms with Crippen molar-refractivity contribution in [2.24, 2.45) is 5.73 Å². The maximum Gasteiger partial charge on any atom is 0.243 e. The molecule has 1 heterocycles. The Morgan fingerprint density at radius 2 is 2.11 bits per heavy atom. The Labute approximate surface area is 119 Å². The van der Waals surface area contributed by atoms with E-state index in [-0.39, 0.29) is 18.4 Å². The van der Waals surface area contributed by atoms with E-state index in [0.29, 0.717) is 35.0 Å². The summed E-state index contributed by atoms with van der Waals surface area (Å²) in [7, 11) is -3.42. The molecule has 0 radical (unpaired) electrons. The smallest absolute Gasteiger partial charge is 0.243 e. The first kappa shape index (κ1) is 15.7. The molecule has 18 heavy (non-hydrogen) atoms. The van der Waals surface area contributed by atoms with Crippen LogP contribution in [0.3, 0.4) is 0 Å². The molecule has 102 valence electrons. The van der Waals surface area contributed by atoms with Gasteiger partial charge in [-0.3, -0.25) is 0 Å². The number of hydrogen-bond donors (Lipinski definition) is 1. The molecule has 2 rings (SSSR count). The molecule has 0 bridgehead atoms. The molecular formula is C11H16Cl2N2O2S. The van der Waals surface area contributed by atoms with Crippen molar-refractivity contribution in [1.29, 1.82) is 0 Å². The molecular weight excluding hydrogens is 295 g/mol. The van der Waals surface area contributed by atoms with E-state index in [0.717, 1.165) is 0 Å². The van der Waals surface area contributed by atoms with Gasteiger partial charge in [0.1, 0.15) is 0 Å². The van der Waals surface area contributed by atoms with E-state index in [9.17, 15) is 8.42 Å². The van der Waals surface area contributed by atoms with E-state index in [1.165, 1.54) is 4.31 Å². The topological polar surface area (TPSA) is 63.4 Å². The lowest BCUT2D eigenvalue weighted by Crippen LogP contribution is -2.32. The Kier molecular flexibility index (Phi) is 5.03. The fourth-order valence-corrected chi connectivity index (χ4v) is 3.96. The van der Waals surface area contributed by atoms with E-state index < -0.39 is 10.0 Å². The third-order valence-electron chi connectivity index (χ3n) is 2.94. The molecule has 4 nitrogen and oxygen atoms in total. The van der Waals surface area contributed by atoms with Crippen LogP contribution in [0.15, 0.2) is 23.1 Å². The van der Waals surface area contributed by atoms with E-state index in [1.54, 1.807) is 25.1 Å². The summed E-state index contributed by atoms with van der Waals surface area (Å²) in [5.41, 5.74) is 6.40. The largest absolute Gasteiger partial charge is 0.326 e. The first-order chi connectivity index (χ1) is 7.91. The van der Waals surface area contributed by atoms with Gasteiger partial charge in [0.05, 0.1) is 4.90 Å². The minimum absolute atomic E-state index is 0. The van der Waals surface area contributed by atoms with Gasteiger partial charge >= 0.3 is 0 Å². The standard InChI is InChI=1S/C11H15ClN2O2S.ClH/c1-8-6-9(12)2-3-11(8)17(15,16)14-5-4-10(13)7-14;/h2-3,6,10H,4-5,7,13H2,1H3;1H. The van der Waals surface area contributed by atoms with Gasteiger partial charge in [-0.25, -0.2) is 8.42 Å². The second kappa shape index (κ2) is 5.75. The van der Waals surface area contributed by atoms with Crippen LogP contribution in [0.4, 0.5) is 0 Å². The summed E-state index contributed by atoms with van der Waals surface area (Å²) in [6.45, 7) is 2.63. The second-order valence-corrected chi connectivity index (χ2v) is 6.66. The van der Waals surface area contributed by atoms with Crippen LogP contribution in [0, 0.1) is 6.92 Å². The van der Waals surface area contributed by atoms with Crippen LogP contribution in [0.1, 0.15) is 12.0 Å². The molecule has 1 aliphatic heterocycles. The molecule has 1 aliphatic rings. The zero-order valence-corrected chi connectivity index (χ0v) is 12.4. The van der Waals surface area contributed by atoms with Crippen molar-refractivity contribution in [1.82, 2.24) is 4.31 Å². The van der Waals surface area contributed by atoms with Crippen molar-refractivity contribution >= 4 is 34.0 Å². The van der Waals surface area contributed by atoms with Crippen molar-refractivity contribution in [2.45, 2.75) is 24.3 Å². The number of aryl methyl sites for hydroxylation is 1. The lowest BCUT2D eigenvalue weighted by atomic mass is 10.2. The molecule has 0 aromatic heterocycles. The van der Waals surface area contributed by atoms with Gasteiger partial charge in [0.15, 0.2) is 0 Å². The summed E-state index contributed by atoms with van der Waals surface area (Å²) in [5.74, 6) is 0. The van der Waals surface area contributed by atoms with Crippen molar-refractivity contribution in [3.63, 3.8) is 0 Å². The molecule has 0 aliphatic carbocycles. The predicted octanol–water partition coefficient (Wildman–Crippen LogP) is 1.79. The molecule has 0 spiro atoms. The number of benzene rings is 1. The lowest BCUT2D eigenvalue weighted by molar-refractivity contribution is 0.472. The minimum Gasteiger partial charge on any atom is -0.326 e. The predicted molar refractivity (Wildman–Crippen MR) is 74.8 cm³/mol. The number of halogens is 2. The highest BCUT2D eigenvalue weighted by atomic mass is 35.5. The van der Waals surface area contributed by atoms with Crippen LogP contribution in [-0.2, 0) is 10.0 Å². The molecule has 1 aromatic rings. The molecule has 2 N–H and O–H groups in total. The van der Waals surface area contributed by atoms with Crippen LogP contribution >= 0.6 is 24.0 Å². The van der Waals surface area contributed by atoms with E-state index in [4.69, 9.17) is 17.3 Å². The van der Waals surface area contributed by atoms with Crippen molar-refractivity contribution < 1.29 is 8.42 Å².